The highest BCUT2D eigenvalue weighted by Gasteiger charge is 2.15. The molecule has 1 aromatic heterocycles. The first kappa shape index (κ1) is 20.0. The predicted octanol–water partition coefficient (Wildman–Crippen LogP) is 3.46. The maximum absolute atomic E-state index is 12.6. The largest absolute Gasteiger partial charge is 0.335 e. The lowest BCUT2D eigenvalue weighted by Crippen LogP contribution is -2.27. The molecule has 1 N–H and O–H groups in total. The zero-order chi connectivity index (χ0) is 20.8. The van der Waals surface area contributed by atoms with Crippen molar-refractivity contribution in [1.29, 1.82) is 0 Å². The molecule has 3 aromatic rings. The average molecular weight is 389 g/mol. The normalized spacial score (nSPS) is 12.0. The first-order valence-corrected chi connectivity index (χ1v) is 9.21. The van der Waals surface area contributed by atoms with E-state index in [1.165, 1.54) is 13.3 Å². The van der Waals surface area contributed by atoms with Gasteiger partial charge in [-0.15, -0.1) is 0 Å². The summed E-state index contributed by atoms with van der Waals surface area (Å²) in [6, 6.07) is 15.1. The number of anilines is 1. The molecule has 0 aliphatic rings. The molecule has 7 nitrogen and oxygen atoms in total. The van der Waals surface area contributed by atoms with E-state index in [0.29, 0.717) is 0 Å². The Balaban J connectivity index is 1.63. The van der Waals surface area contributed by atoms with Crippen LogP contribution in [-0.2, 0) is 9.59 Å². The SMILES string of the molecule is CC(=O)Nc1ccc(/C=C/C(=O)N(C)C(C)c2ccc(-n3cncn3)cc2)cc1. The molecule has 0 fully saturated rings. The van der Waals surface area contributed by atoms with E-state index in [0.717, 1.165) is 22.5 Å². The first-order valence-electron chi connectivity index (χ1n) is 9.21. The van der Waals surface area contributed by atoms with Gasteiger partial charge >= 0.3 is 0 Å². The fourth-order valence-electron chi connectivity index (χ4n) is 2.83. The zero-order valence-electron chi connectivity index (χ0n) is 16.6. The number of likely N-dealkylation sites (N-methyl/N-ethyl adjacent to an activating group) is 1. The number of nitrogens with zero attached hydrogens (tertiary/aromatic N) is 4. The lowest BCUT2D eigenvalue weighted by molar-refractivity contribution is -0.126. The predicted molar refractivity (Wildman–Crippen MR) is 112 cm³/mol. The number of benzene rings is 2. The van der Waals surface area contributed by atoms with E-state index < -0.39 is 0 Å². The number of hydrogen-bond donors (Lipinski definition) is 1. The summed E-state index contributed by atoms with van der Waals surface area (Å²) in [4.78, 5) is 29.3. The second-order valence-corrected chi connectivity index (χ2v) is 6.69. The molecule has 0 spiro atoms. The molecule has 1 atom stereocenters. The van der Waals surface area contributed by atoms with Crippen LogP contribution in [0, 0.1) is 0 Å². The quantitative estimate of drug-likeness (QED) is 0.655. The summed E-state index contributed by atoms with van der Waals surface area (Å²) in [5, 5.41) is 6.82. The molecule has 2 aromatic carbocycles. The number of nitrogens with one attached hydrogen (secondary N) is 1. The van der Waals surface area contributed by atoms with Gasteiger partial charge in [0.25, 0.3) is 0 Å². The summed E-state index contributed by atoms with van der Waals surface area (Å²) in [5.74, 6) is -0.211. The van der Waals surface area contributed by atoms with E-state index in [1.807, 2.05) is 43.3 Å². The highest BCUT2D eigenvalue weighted by molar-refractivity contribution is 5.92. The van der Waals surface area contributed by atoms with Crippen molar-refractivity contribution in [3.63, 3.8) is 0 Å². The van der Waals surface area contributed by atoms with Crippen LogP contribution in [0.3, 0.4) is 0 Å². The molecule has 0 radical (unpaired) electrons. The van der Waals surface area contributed by atoms with Crippen molar-refractivity contribution in [3.05, 3.63) is 78.4 Å². The minimum atomic E-state index is -0.117. The number of carbonyl (C=O) groups excluding carboxylic acids is 2. The second-order valence-electron chi connectivity index (χ2n) is 6.69. The molecule has 0 saturated carbocycles. The Morgan fingerprint density at radius 2 is 1.79 bits per heavy atom. The Morgan fingerprint density at radius 3 is 2.38 bits per heavy atom. The molecule has 0 aliphatic heterocycles. The smallest absolute Gasteiger partial charge is 0.246 e. The monoisotopic (exact) mass is 389 g/mol. The lowest BCUT2D eigenvalue weighted by atomic mass is 10.1. The van der Waals surface area contributed by atoms with Gasteiger partial charge in [-0.1, -0.05) is 24.3 Å². The summed E-state index contributed by atoms with van der Waals surface area (Å²) in [6.07, 6.45) is 6.44. The van der Waals surface area contributed by atoms with Crippen molar-refractivity contribution >= 4 is 23.6 Å². The van der Waals surface area contributed by atoms with Crippen molar-refractivity contribution in [2.45, 2.75) is 19.9 Å². The van der Waals surface area contributed by atoms with Gasteiger partial charge in [-0.2, -0.15) is 5.10 Å². The van der Waals surface area contributed by atoms with Gasteiger partial charge in [0.1, 0.15) is 12.7 Å². The first-order chi connectivity index (χ1) is 13.9. The average Bonchev–Trinajstić information content (AvgIpc) is 3.26. The highest BCUT2D eigenvalue weighted by Crippen LogP contribution is 2.21. The number of amides is 2. The minimum absolute atomic E-state index is 0.0842. The van der Waals surface area contributed by atoms with Crippen molar-refractivity contribution in [3.8, 4) is 5.69 Å². The minimum Gasteiger partial charge on any atom is -0.335 e. The standard InChI is InChI=1S/C22H23N5O2/c1-16(19-7-11-21(12-8-19)27-15-23-14-24-27)26(3)22(29)13-6-18-4-9-20(10-5-18)25-17(2)28/h4-16H,1-3H3,(H,25,28)/b13-6+. The van der Waals surface area contributed by atoms with Crippen LogP contribution in [0.25, 0.3) is 11.8 Å². The molecule has 0 bridgehead atoms. The maximum atomic E-state index is 12.6. The number of carbonyl (C=O) groups is 2. The Bertz CT molecular complexity index is 993. The highest BCUT2D eigenvalue weighted by atomic mass is 16.2. The Morgan fingerprint density at radius 1 is 1.10 bits per heavy atom. The Kier molecular flexibility index (Phi) is 6.19. The summed E-state index contributed by atoms with van der Waals surface area (Å²) < 4.78 is 1.68. The molecule has 1 heterocycles. The summed E-state index contributed by atoms with van der Waals surface area (Å²) in [7, 11) is 1.78. The van der Waals surface area contributed by atoms with E-state index in [1.54, 1.807) is 47.2 Å². The third-order valence-electron chi connectivity index (χ3n) is 4.64. The van der Waals surface area contributed by atoms with Crippen molar-refractivity contribution in [1.82, 2.24) is 19.7 Å². The van der Waals surface area contributed by atoms with Crippen molar-refractivity contribution < 1.29 is 9.59 Å². The van der Waals surface area contributed by atoms with E-state index in [9.17, 15) is 9.59 Å². The van der Waals surface area contributed by atoms with Crippen LogP contribution in [0.5, 0.6) is 0 Å². The number of rotatable bonds is 6. The maximum Gasteiger partial charge on any atom is 0.246 e. The van der Waals surface area contributed by atoms with Crippen LogP contribution in [-0.4, -0.2) is 38.5 Å². The molecule has 2 amide bonds. The topological polar surface area (TPSA) is 80.1 Å². The number of aromatic nitrogens is 3. The molecule has 7 heteroatoms. The van der Waals surface area contributed by atoms with Crippen LogP contribution >= 0.6 is 0 Å². The van der Waals surface area contributed by atoms with E-state index in [2.05, 4.69) is 15.4 Å². The zero-order valence-corrected chi connectivity index (χ0v) is 16.6. The molecule has 1 unspecified atom stereocenters. The van der Waals surface area contributed by atoms with Gasteiger partial charge < -0.3 is 10.2 Å². The van der Waals surface area contributed by atoms with E-state index in [-0.39, 0.29) is 17.9 Å². The summed E-state index contributed by atoms with van der Waals surface area (Å²) >= 11 is 0. The summed E-state index contributed by atoms with van der Waals surface area (Å²) in [6.45, 7) is 3.45. The molecule has 0 saturated heterocycles. The molecule has 148 valence electrons. The molecule has 0 aliphatic carbocycles. The van der Waals surface area contributed by atoms with Crippen molar-refractivity contribution in [2.24, 2.45) is 0 Å². The van der Waals surface area contributed by atoms with Crippen LogP contribution in [0.2, 0.25) is 0 Å². The van der Waals surface area contributed by atoms with Gasteiger partial charge in [0.2, 0.25) is 11.8 Å². The van der Waals surface area contributed by atoms with Gasteiger partial charge in [-0.05, 0) is 48.4 Å². The van der Waals surface area contributed by atoms with Gasteiger partial charge in [0.15, 0.2) is 0 Å². The molecule has 29 heavy (non-hydrogen) atoms. The van der Waals surface area contributed by atoms with Crippen LogP contribution in [0.4, 0.5) is 5.69 Å². The number of hydrogen-bond acceptors (Lipinski definition) is 4. The van der Waals surface area contributed by atoms with Gasteiger partial charge in [-0.3, -0.25) is 9.59 Å². The second kappa shape index (κ2) is 8.97. The van der Waals surface area contributed by atoms with Gasteiger partial charge in [-0.25, -0.2) is 9.67 Å². The van der Waals surface area contributed by atoms with Gasteiger partial charge in [0.05, 0.1) is 11.7 Å². The Labute approximate surface area is 169 Å². The van der Waals surface area contributed by atoms with Crippen molar-refractivity contribution in [2.75, 3.05) is 12.4 Å². The fraction of sp³-hybridized carbons (Fsp3) is 0.182. The van der Waals surface area contributed by atoms with Crippen LogP contribution < -0.4 is 5.32 Å². The van der Waals surface area contributed by atoms with E-state index in [4.69, 9.17) is 0 Å². The summed E-state index contributed by atoms with van der Waals surface area (Å²) in [5.41, 5.74) is 3.54. The van der Waals surface area contributed by atoms with Gasteiger partial charge in [0, 0.05) is 25.7 Å². The molecular formula is C22H23N5O2. The third-order valence-corrected chi connectivity index (χ3v) is 4.64. The lowest BCUT2D eigenvalue weighted by Gasteiger charge is -2.24. The van der Waals surface area contributed by atoms with Crippen LogP contribution in [0.15, 0.2) is 67.3 Å². The molecule has 3 rings (SSSR count). The Hall–Kier alpha value is -3.74. The fourth-order valence-corrected chi connectivity index (χ4v) is 2.83. The van der Waals surface area contributed by atoms with Crippen LogP contribution in [0.1, 0.15) is 31.0 Å². The van der Waals surface area contributed by atoms with E-state index >= 15 is 0 Å². The third kappa shape index (κ3) is 5.16. The molecular weight excluding hydrogens is 366 g/mol.